The zero-order chi connectivity index (χ0) is 10.8. The van der Waals surface area contributed by atoms with Gasteiger partial charge in [-0.1, -0.05) is 5.92 Å². The first-order valence-electron chi connectivity index (χ1n) is 4.60. The average Bonchev–Trinajstić information content (AvgIpc) is 2.42. The van der Waals surface area contributed by atoms with Crippen LogP contribution in [0, 0.1) is 26.2 Å². The molecular formula is C11H16N2S. The largest absolute Gasteiger partial charge is 0.297 e. The molecule has 1 aromatic heterocycles. The van der Waals surface area contributed by atoms with Crippen LogP contribution in [-0.4, -0.2) is 10.5 Å². The topological polar surface area (TPSA) is 24.9 Å². The third-order valence-electron chi connectivity index (χ3n) is 2.05. The molecule has 0 fully saturated rings. The molecule has 0 saturated heterocycles. The van der Waals surface area contributed by atoms with Crippen LogP contribution in [-0.2, 0) is 6.54 Å². The number of hydrogen-bond donors (Lipinski definition) is 1. The van der Waals surface area contributed by atoms with Crippen LogP contribution >= 0.6 is 11.3 Å². The highest BCUT2D eigenvalue weighted by molar-refractivity contribution is 7.11. The van der Waals surface area contributed by atoms with Gasteiger partial charge in [0.2, 0.25) is 0 Å². The maximum absolute atomic E-state index is 5.39. The summed E-state index contributed by atoms with van der Waals surface area (Å²) >= 11 is 1.72. The van der Waals surface area contributed by atoms with E-state index < -0.39 is 0 Å². The van der Waals surface area contributed by atoms with Gasteiger partial charge in [0.05, 0.1) is 16.2 Å². The van der Waals surface area contributed by atoms with E-state index in [1.807, 2.05) is 27.7 Å². The van der Waals surface area contributed by atoms with Crippen molar-refractivity contribution >= 4 is 11.3 Å². The van der Waals surface area contributed by atoms with Crippen LogP contribution in [0.25, 0.3) is 0 Å². The fourth-order valence-corrected chi connectivity index (χ4v) is 1.97. The van der Waals surface area contributed by atoms with E-state index in [0.29, 0.717) is 0 Å². The first-order chi connectivity index (χ1) is 6.44. The maximum atomic E-state index is 5.39. The van der Waals surface area contributed by atoms with Crippen molar-refractivity contribution in [1.29, 1.82) is 0 Å². The minimum absolute atomic E-state index is 0.246. The third-order valence-corrected chi connectivity index (χ3v) is 3.12. The molecule has 0 aliphatic heterocycles. The molecule has 0 amide bonds. The Bertz CT molecular complexity index is 358. The number of nitrogens with zero attached hydrogens (tertiary/aromatic N) is 1. The Balaban J connectivity index is 2.63. The van der Waals surface area contributed by atoms with Gasteiger partial charge in [-0.2, -0.15) is 0 Å². The fraction of sp³-hybridized carbons (Fsp3) is 0.545. The van der Waals surface area contributed by atoms with Gasteiger partial charge >= 0.3 is 0 Å². The normalized spacial score (nSPS) is 11.4. The van der Waals surface area contributed by atoms with E-state index in [2.05, 4.69) is 16.2 Å². The summed E-state index contributed by atoms with van der Waals surface area (Å²) in [6.07, 6.45) is 5.39. The van der Waals surface area contributed by atoms with E-state index in [1.54, 1.807) is 11.3 Å². The zero-order valence-electron chi connectivity index (χ0n) is 9.14. The standard InChI is InChI=1S/C11H16N2S/c1-6-11(4,5)12-7-10-8(2)13-9(3)14-10/h1,12H,7H2,2-5H3. The minimum atomic E-state index is -0.246. The second-order valence-electron chi connectivity index (χ2n) is 3.86. The van der Waals surface area contributed by atoms with Gasteiger partial charge in [-0.3, -0.25) is 5.32 Å². The Kier molecular flexibility index (Phi) is 3.30. The van der Waals surface area contributed by atoms with E-state index in [9.17, 15) is 0 Å². The van der Waals surface area contributed by atoms with Crippen molar-refractivity contribution in [3.05, 3.63) is 15.6 Å². The van der Waals surface area contributed by atoms with Gasteiger partial charge in [0.25, 0.3) is 0 Å². The summed E-state index contributed by atoms with van der Waals surface area (Å²) in [6, 6.07) is 0. The van der Waals surface area contributed by atoms with Crippen molar-refractivity contribution in [2.24, 2.45) is 0 Å². The van der Waals surface area contributed by atoms with Crippen LogP contribution in [0.2, 0.25) is 0 Å². The van der Waals surface area contributed by atoms with Crippen molar-refractivity contribution in [2.75, 3.05) is 0 Å². The van der Waals surface area contributed by atoms with E-state index in [1.165, 1.54) is 4.88 Å². The van der Waals surface area contributed by atoms with Gasteiger partial charge in [0, 0.05) is 11.4 Å². The number of aryl methyl sites for hydroxylation is 2. The van der Waals surface area contributed by atoms with Gasteiger partial charge in [-0.15, -0.1) is 17.8 Å². The summed E-state index contributed by atoms with van der Waals surface area (Å²) in [6.45, 7) is 8.85. The van der Waals surface area contributed by atoms with Gasteiger partial charge in [-0.25, -0.2) is 4.98 Å². The first-order valence-corrected chi connectivity index (χ1v) is 5.42. The number of nitrogens with one attached hydrogen (secondary N) is 1. The number of aromatic nitrogens is 1. The third kappa shape index (κ3) is 2.83. The molecular weight excluding hydrogens is 192 g/mol. The molecule has 0 atom stereocenters. The molecule has 14 heavy (non-hydrogen) atoms. The average molecular weight is 208 g/mol. The molecule has 0 aliphatic rings. The van der Waals surface area contributed by atoms with E-state index >= 15 is 0 Å². The van der Waals surface area contributed by atoms with Gasteiger partial charge in [0.15, 0.2) is 0 Å². The van der Waals surface area contributed by atoms with Crippen LogP contribution in [0.4, 0.5) is 0 Å². The van der Waals surface area contributed by atoms with Crippen molar-refractivity contribution in [1.82, 2.24) is 10.3 Å². The molecule has 1 aromatic rings. The number of thiazole rings is 1. The summed E-state index contributed by atoms with van der Waals surface area (Å²) in [5.41, 5.74) is 0.859. The highest BCUT2D eigenvalue weighted by Crippen LogP contribution is 2.17. The number of terminal acetylenes is 1. The van der Waals surface area contributed by atoms with Crippen LogP contribution in [0.1, 0.15) is 29.4 Å². The lowest BCUT2D eigenvalue weighted by Crippen LogP contribution is -2.36. The molecule has 0 unspecified atom stereocenters. The van der Waals surface area contributed by atoms with Crippen molar-refractivity contribution in [2.45, 2.75) is 39.8 Å². The van der Waals surface area contributed by atoms with Gasteiger partial charge in [0.1, 0.15) is 0 Å². The summed E-state index contributed by atoms with van der Waals surface area (Å²) in [7, 11) is 0. The van der Waals surface area contributed by atoms with E-state index in [4.69, 9.17) is 6.42 Å². The quantitative estimate of drug-likeness (QED) is 0.771. The molecule has 0 aliphatic carbocycles. The Morgan fingerprint density at radius 2 is 2.14 bits per heavy atom. The van der Waals surface area contributed by atoms with Crippen molar-refractivity contribution < 1.29 is 0 Å². The molecule has 76 valence electrons. The summed E-state index contributed by atoms with van der Waals surface area (Å²) < 4.78 is 0. The molecule has 1 rings (SSSR count). The molecule has 1 N–H and O–H groups in total. The second kappa shape index (κ2) is 4.12. The van der Waals surface area contributed by atoms with Crippen LogP contribution in [0.15, 0.2) is 0 Å². The Labute approximate surface area is 89.8 Å². The number of hydrogen-bond acceptors (Lipinski definition) is 3. The molecule has 0 bridgehead atoms. The summed E-state index contributed by atoms with van der Waals surface area (Å²) in [5, 5.41) is 4.42. The van der Waals surface area contributed by atoms with Gasteiger partial charge < -0.3 is 0 Å². The predicted molar refractivity (Wildman–Crippen MR) is 61.3 cm³/mol. The van der Waals surface area contributed by atoms with Crippen molar-refractivity contribution in [3.8, 4) is 12.3 Å². The Hall–Kier alpha value is -0.850. The maximum Gasteiger partial charge on any atom is 0.0900 e. The molecule has 0 radical (unpaired) electrons. The first kappa shape index (κ1) is 11.2. The minimum Gasteiger partial charge on any atom is -0.297 e. The van der Waals surface area contributed by atoms with Crippen LogP contribution in [0.3, 0.4) is 0 Å². The number of rotatable bonds is 3. The second-order valence-corrected chi connectivity index (χ2v) is 5.15. The highest BCUT2D eigenvalue weighted by Gasteiger charge is 2.14. The lowest BCUT2D eigenvalue weighted by molar-refractivity contribution is 0.493. The summed E-state index contributed by atoms with van der Waals surface area (Å²) in [5.74, 6) is 2.71. The SMILES string of the molecule is C#CC(C)(C)NCc1sc(C)nc1C. The molecule has 0 aromatic carbocycles. The molecule has 0 saturated carbocycles. The molecule has 0 spiro atoms. The van der Waals surface area contributed by atoms with Gasteiger partial charge in [-0.05, 0) is 27.7 Å². The lowest BCUT2D eigenvalue weighted by Gasteiger charge is -2.18. The smallest absolute Gasteiger partial charge is 0.0900 e. The monoisotopic (exact) mass is 208 g/mol. The molecule has 2 nitrogen and oxygen atoms in total. The zero-order valence-corrected chi connectivity index (χ0v) is 9.96. The fourth-order valence-electron chi connectivity index (χ4n) is 1.09. The molecule has 1 heterocycles. The van der Waals surface area contributed by atoms with E-state index in [0.717, 1.165) is 17.2 Å². The van der Waals surface area contributed by atoms with Crippen LogP contribution < -0.4 is 5.32 Å². The Morgan fingerprint density at radius 1 is 1.50 bits per heavy atom. The lowest BCUT2D eigenvalue weighted by atomic mass is 10.1. The Morgan fingerprint density at radius 3 is 2.57 bits per heavy atom. The van der Waals surface area contributed by atoms with Crippen LogP contribution in [0.5, 0.6) is 0 Å². The highest BCUT2D eigenvalue weighted by atomic mass is 32.1. The summed E-state index contributed by atoms with van der Waals surface area (Å²) in [4.78, 5) is 5.63. The predicted octanol–water partition coefficient (Wildman–Crippen LogP) is 2.26. The van der Waals surface area contributed by atoms with E-state index in [-0.39, 0.29) is 5.54 Å². The van der Waals surface area contributed by atoms with Crippen molar-refractivity contribution in [3.63, 3.8) is 0 Å². The molecule has 3 heteroatoms.